The van der Waals surface area contributed by atoms with Crippen LogP contribution in [0.4, 0.5) is 17.6 Å². The lowest BCUT2D eigenvalue weighted by Gasteiger charge is -2.26. The number of rotatable bonds is 7. The highest BCUT2D eigenvalue weighted by molar-refractivity contribution is 5.98. The average Bonchev–Trinajstić information content (AvgIpc) is 3.66. The summed E-state index contributed by atoms with van der Waals surface area (Å²) in [7, 11) is 0. The third-order valence-electron chi connectivity index (χ3n) is 5.71. The summed E-state index contributed by atoms with van der Waals surface area (Å²) in [5, 5.41) is 9.11. The summed E-state index contributed by atoms with van der Waals surface area (Å²) in [4.78, 5) is 6.23. The number of nitrogens with one attached hydrogen (secondary N) is 3. The minimum absolute atomic E-state index is 0.164. The zero-order valence-electron chi connectivity index (χ0n) is 18.8. The van der Waals surface area contributed by atoms with E-state index in [0.717, 1.165) is 41.7 Å². The Labute approximate surface area is 196 Å². The van der Waals surface area contributed by atoms with Gasteiger partial charge in [-0.15, -0.1) is 0 Å². The van der Waals surface area contributed by atoms with E-state index in [2.05, 4.69) is 20.9 Å². The Hall–Kier alpha value is -3.49. The van der Waals surface area contributed by atoms with Crippen molar-refractivity contribution < 1.29 is 17.6 Å². The van der Waals surface area contributed by atoms with E-state index in [1.807, 2.05) is 36.4 Å². The molecule has 0 radical (unpaired) electrons. The van der Waals surface area contributed by atoms with Crippen LogP contribution in [0.3, 0.4) is 0 Å². The lowest BCUT2D eigenvalue weighted by Crippen LogP contribution is -2.37. The Balaban J connectivity index is 1.45. The molecular formula is C25H27F4N5. The van der Waals surface area contributed by atoms with E-state index in [9.17, 15) is 13.2 Å². The minimum atomic E-state index is -4.36. The van der Waals surface area contributed by atoms with Crippen LogP contribution >= 0.6 is 0 Å². The molecule has 9 heteroatoms. The first-order valence-electron chi connectivity index (χ1n) is 11.2. The molecule has 0 spiro atoms. The summed E-state index contributed by atoms with van der Waals surface area (Å²) >= 11 is 0. The van der Waals surface area contributed by atoms with Gasteiger partial charge in [0.1, 0.15) is 5.82 Å². The number of allylic oxidation sites excluding steroid dienone is 2. The lowest BCUT2D eigenvalue weighted by atomic mass is 10.1. The van der Waals surface area contributed by atoms with Crippen molar-refractivity contribution in [2.75, 3.05) is 13.1 Å². The van der Waals surface area contributed by atoms with Gasteiger partial charge in [-0.25, -0.2) is 4.99 Å². The monoisotopic (exact) mass is 473 g/mol. The molecule has 1 aromatic rings. The molecule has 4 rings (SSSR count). The lowest BCUT2D eigenvalue weighted by molar-refractivity contribution is -0.137. The van der Waals surface area contributed by atoms with Gasteiger partial charge in [0.05, 0.1) is 5.56 Å². The molecule has 180 valence electrons. The van der Waals surface area contributed by atoms with Crippen molar-refractivity contribution in [1.82, 2.24) is 20.9 Å². The highest BCUT2D eigenvalue weighted by Gasteiger charge is 2.34. The molecule has 34 heavy (non-hydrogen) atoms. The van der Waals surface area contributed by atoms with Gasteiger partial charge in [0.2, 0.25) is 5.83 Å². The molecule has 0 aromatic heterocycles. The summed E-state index contributed by atoms with van der Waals surface area (Å²) in [5.41, 5.74) is 2.11. The van der Waals surface area contributed by atoms with Crippen molar-refractivity contribution in [3.8, 4) is 0 Å². The number of nitrogens with zero attached hydrogens (tertiary/aromatic N) is 2. The molecule has 5 nitrogen and oxygen atoms in total. The first kappa shape index (κ1) is 23.7. The normalized spacial score (nSPS) is 18.2. The second-order valence-corrected chi connectivity index (χ2v) is 8.43. The fourth-order valence-corrected chi connectivity index (χ4v) is 3.66. The molecule has 0 atom stereocenters. The summed E-state index contributed by atoms with van der Waals surface area (Å²) in [6.45, 7) is 2.83. The predicted octanol–water partition coefficient (Wildman–Crippen LogP) is 4.86. The third kappa shape index (κ3) is 6.09. The molecule has 0 amide bonds. The molecule has 0 saturated heterocycles. The molecule has 0 unspecified atom stereocenters. The van der Waals surface area contributed by atoms with Gasteiger partial charge in [-0.3, -0.25) is 0 Å². The van der Waals surface area contributed by atoms with Gasteiger partial charge in [0.15, 0.2) is 5.84 Å². The van der Waals surface area contributed by atoms with E-state index in [1.165, 1.54) is 18.3 Å². The maximum Gasteiger partial charge on any atom is 0.416 e. The third-order valence-corrected chi connectivity index (χ3v) is 5.71. The van der Waals surface area contributed by atoms with Crippen molar-refractivity contribution >= 4 is 5.84 Å². The molecule has 1 fully saturated rings. The van der Waals surface area contributed by atoms with Gasteiger partial charge in [0, 0.05) is 43.9 Å². The second-order valence-electron chi connectivity index (χ2n) is 8.43. The van der Waals surface area contributed by atoms with Crippen LogP contribution in [0.25, 0.3) is 0 Å². The van der Waals surface area contributed by atoms with Crippen LogP contribution in [-0.2, 0) is 12.6 Å². The Morgan fingerprint density at radius 2 is 1.88 bits per heavy atom. The summed E-state index contributed by atoms with van der Waals surface area (Å²) in [6, 6.07) is 5.27. The second kappa shape index (κ2) is 10.2. The maximum absolute atomic E-state index is 15.6. The number of hydrogen-bond donors (Lipinski definition) is 3. The first-order valence-corrected chi connectivity index (χ1v) is 11.2. The van der Waals surface area contributed by atoms with Crippen molar-refractivity contribution in [2.45, 2.75) is 38.4 Å². The highest BCUT2D eigenvalue weighted by Crippen LogP contribution is 2.31. The molecule has 3 N–H and O–H groups in total. The quantitative estimate of drug-likeness (QED) is 0.495. The number of halogens is 4. The number of hydrogen-bond acceptors (Lipinski definition) is 5. The van der Waals surface area contributed by atoms with Crippen molar-refractivity contribution in [2.24, 2.45) is 4.99 Å². The molecule has 1 aromatic carbocycles. The topological polar surface area (TPSA) is 51.7 Å². The van der Waals surface area contributed by atoms with Crippen LogP contribution in [0.2, 0.25) is 0 Å². The Morgan fingerprint density at radius 3 is 2.59 bits per heavy atom. The smallest absolute Gasteiger partial charge is 0.367 e. The van der Waals surface area contributed by atoms with Crippen molar-refractivity contribution in [1.29, 1.82) is 0 Å². The number of amidine groups is 1. The van der Waals surface area contributed by atoms with Crippen LogP contribution in [0.15, 0.2) is 89.0 Å². The number of benzene rings is 1. The van der Waals surface area contributed by atoms with Gasteiger partial charge >= 0.3 is 6.18 Å². The Kier molecular flexibility index (Phi) is 7.09. The zero-order chi connectivity index (χ0) is 24.1. The number of alkyl halides is 3. The summed E-state index contributed by atoms with van der Waals surface area (Å²) < 4.78 is 54.0. The average molecular weight is 474 g/mol. The van der Waals surface area contributed by atoms with Crippen LogP contribution in [-0.4, -0.2) is 29.9 Å². The molecule has 1 aliphatic carbocycles. The van der Waals surface area contributed by atoms with E-state index in [0.29, 0.717) is 19.5 Å². The van der Waals surface area contributed by atoms with Crippen molar-refractivity contribution in [3.63, 3.8) is 0 Å². The SMILES string of the molecule is CC1=CNC=C(CNC2=C(F)C(N(CCc3ccc(C(F)(F)F)cc3)C3CC3)=NC=CN2)C=C1. The molecule has 0 bridgehead atoms. The van der Waals surface area contributed by atoms with Gasteiger partial charge in [-0.2, -0.15) is 17.6 Å². The Morgan fingerprint density at radius 1 is 1.12 bits per heavy atom. The Bertz CT molecular complexity index is 1070. The molecule has 1 saturated carbocycles. The van der Waals surface area contributed by atoms with Crippen LogP contribution < -0.4 is 16.0 Å². The first-order chi connectivity index (χ1) is 16.3. The van der Waals surface area contributed by atoms with Gasteiger partial charge in [-0.05, 0) is 55.0 Å². The van der Waals surface area contributed by atoms with Gasteiger partial charge in [-0.1, -0.05) is 24.3 Å². The predicted molar refractivity (Wildman–Crippen MR) is 125 cm³/mol. The van der Waals surface area contributed by atoms with E-state index < -0.39 is 17.6 Å². The van der Waals surface area contributed by atoms with E-state index in [-0.39, 0.29) is 17.7 Å². The molecule has 3 aliphatic rings. The molecular weight excluding hydrogens is 446 g/mol. The largest absolute Gasteiger partial charge is 0.416 e. The standard InChI is InChI=1S/C25H27F4N5/c1-17-2-3-19(15-30-14-17)16-33-23-22(26)24(32-12-11-31-23)34(21-8-9-21)13-10-18-4-6-20(7-5-18)25(27,28)29/h2-7,11-12,14-15,21,30-31,33H,8-10,13,16H2,1H3. The number of aliphatic imine (C=N–C) groups is 1. The summed E-state index contributed by atoms with van der Waals surface area (Å²) in [6.07, 6.45) is 8.71. The van der Waals surface area contributed by atoms with Crippen molar-refractivity contribution in [3.05, 3.63) is 95.1 Å². The highest BCUT2D eigenvalue weighted by atomic mass is 19.4. The molecule has 2 heterocycles. The van der Waals surface area contributed by atoms with E-state index >= 15 is 4.39 Å². The van der Waals surface area contributed by atoms with Crippen LogP contribution in [0.5, 0.6) is 0 Å². The van der Waals surface area contributed by atoms with Gasteiger partial charge in [0.25, 0.3) is 0 Å². The van der Waals surface area contributed by atoms with E-state index in [4.69, 9.17) is 0 Å². The fourth-order valence-electron chi connectivity index (χ4n) is 3.66. The maximum atomic E-state index is 15.6. The zero-order valence-corrected chi connectivity index (χ0v) is 18.8. The van der Waals surface area contributed by atoms with Crippen LogP contribution in [0.1, 0.15) is 30.9 Å². The van der Waals surface area contributed by atoms with Gasteiger partial charge < -0.3 is 20.9 Å². The fraction of sp³-hybridized carbons (Fsp3) is 0.320. The minimum Gasteiger partial charge on any atom is -0.367 e. The van der Waals surface area contributed by atoms with E-state index in [1.54, 1.807) is 6.20 Å². The summed E-state index contributed by atoms with van der Waals surface area (Å²) in [5.74, 6) is -0.0557. The molecule has 2 aliphatic heterocycles. The van der Waals surface area contributed by atoms with Crippen LogP contribution in [0, 0.1) is 0 Å².